The average molecular weight is 450 g/mol. The number of rotatable bonds is 10. The summed E-state index contributed by atoms with van der Waals surface area (Å²) in [5, 5.41) is 20.2. The van der Waals surface area contributed by atoms with Crippen molar-refractivity contribution in [1.82, 2.24) is 20.6 Å². The first-order chi connectivity index (χ1) is 15.8. The molecule has 3 aromatic rings. The first-order valence-electron chi connectivity index (χ1n) is 11.5. The molecule has 1 heterocycles. The number of hydrogen-bond acceptors (Lipinski definition) is 5. The molecule has 8 heteroatoms. The zero-order valence-corrected chi connectivity index (χ0v) is 20.2. The fourth-order valence-corrected chi connectivity index (χ4v) is 3.73. The van der Waals surface area contributed by atoms with Gasteiger partial charge in [0.1, 0.15) is 0 Å². The molecular formula is C25H35N7O. The minimum Gasteiger partial charge on any atom is -0.369 e. The van der Waals surface area contributed by atoms with Crippen LogP contribution in [0.2, 0.25) is 0 Å². The second-order valence-corrected chi connectivity index (χ2v) is 9.32. The minimum atomic E-state index is -0.260. The topological polar surface area (TPSA) is 98.8 Å². The molecule has 1 aromatic heterocycles. The molecule has 0 radical (unpaired) electrons. The van der Waals surface area contributed by atoms with E-state index in [2.05, 4.69) is 82.1 Å². The number of benzene rings is 2. The molecule has 0 saturated heterocycles. The highest BCUT2D eigenvalue weighted by molar-refractivity contribution is 6.02. The predicted molar refractivity (Wildman–Crippen MR) is 134 cm³/mol. The van der Waals surface area contributed by atoms with Crippen LogP contribution in [0.4, 0.5) is 21.9 Å². The maximum Gasteiger partial charge on any atom is 0.323 e. The monoisotopic (exact) mass is 449 g/mol. The van der Waals surface area contributed by atoms with Crippen LogP contribution >= 0.6 is 0 Å². The maximum absolute atomic E-state index is 12.9. The molecule has 2 amide bonds. The quantitative estimate of drug-likeness (QED) is 0.402. The number of H-pyrrole nitrogens is 1. The highest BCUT2D eigenvalue weighted by atomic mass is 16.2. The van der Waals surface area contributed by atoms with Crippen LogP contribution in [0, 0.1) is 18.8 Å². The molecule has 176 valence electrons. The number of hydrogen-bond donors (Lipinski definition) is 3. The summed E-state index contributed by atoms with van der Waals surface area (Å²) < 4.78 is 0. The molecule has 33 heavy (non-hydrogen) atoms. The standard InChI is InChI=1S/C25H35N7O/c1-17(2)15-32(16-18(3)4)23-12-8-20(9-13-24-28-30-31-29-24)14-22(23)27-25(33)26-21-10-6-19(5)7-11-21/h6-8,10-12,14,17-18H,9,13,15-16H2,1-5H3,(H2,26,27,33)(H,28,29,30,31). The van der Waals surface area contributed by atoms with E-state index in [4.69, 9.17) is 0 Å². The molecule has 0 atom stereocenters. The zero-order chi connectivity index (χ0) is 23.8. The Morgan fingerprint density at radius 2 is 1.67 bits per heavy atom. The molecule has 0 saturated carbocycles. The van der Waals surface area contributed by atoms with Crippen molar-refractivity contribution >= 4 is 23.1 Å². The maximum atomic E-state index is 12.9. The van der Waals surface area contributed by atoms with Gasteiger partial charge in [0.25, 0.3) is 0 Å². The van der Waals surface area contributed by atoms with Gasteiger partial charge in [0.05, 0.1) is 11.4 Å². The average Bonchev–Trinajstić information content (AvgIpc) is 3.26. The Balaban J connectivity index is 1.84. The lowest BCUT2D eigenvalue weighted by molar-refractivity contribution is 0.262. The van der Waals surface area contributed by atoms with Crippen molar-refractivity contribution in [3.05, 3.63) is 59.4 Å². The lowest BCUT2D eigenvalue weighted by Gasteiger charge is -2.30. The van der Waals surface area contributed by atoms with Gasteiger partial charge >= 0.3 is 6.03 Å². The lowest BCUT2D eigenvalue weighted by Crippen LogP contribution is -2.32. The SMILES string of the molecule is Cc1ccc(NC(=O)Nc2cc(CCc3nn[nH]n3)ccc2N(CC(C)C)CC(C)C)cc1. The number of tetrazole rings is 1. The van der Waals surface area contributed by atoms with Gasteiger partial charge < -0.3 is 15.5 Å². The molecule has 0 fully saturated rings. The number of nitrogens with one attached hydrogen (secondary N) is 3. The normalized spacial score (nSPS) is 11.1. The molecule has 3 rings (SSSR count). The Bertz CT molecular complexity index is 1000. The molecule has 0 bridgehead atoms. The van der Waals surface area contributed by atoms with Crippen molar-refractivity contribution < 1.29 is 4.79 Å². The molecule has 0 aliphatic heterocycles. The van der Waals surface area contributed by atoms with E-state index in [1.165, 1.54) is 0 Å². The number of aromatic nitrogens is 4. The fourth-order valence-electron chi connectivity index (χ4n) is 3.73. The van der Waals surface area contributed by atoms with Crippen LogP contribution in [0.25, 0.3) is 0 Å². The van der Waals surface area contributed by atoms with Crippen LogP contribution in [-0.4, -0.2) is 39.7 Å². The molecule has 0 spiro atoms. The van der Waals surface area contributed by atoms with Gasteiger partial charge in [-0.2, -0.15) is 5.21 Å². The number of aryl methyl sites for hydroxylation is 3. The van der Waals surface area contributed by atoms with Gasteiger partial charge in [-0.1, -0.05) is 56.7 Å². The molecule has 0 unspecified atom stereocenters. The predicted octanol–water partition coefficient (Wildman–Crippen LogP) is 5.06. The number of urea groups is 1. The summed E-state index contributed by atoms with van der Waals surface area (Å²) in [6.07, 6.45) is 1.43. The number of carbonyl (C=O) groups is 1. The third-order valence-corrected chi connectivity index (χ3v) is 5.16. The summed E-state index contributed by atoms with van der Waals surface area (Å²) in [4.78, 5) is 15.2. The second kappa shape index (κ2) is 11.4. The van der Waals surface area contributed by atoms with Crippen molar-refractivity contribution in [2.75, 3.05) is 28.6 Å². The van der Waals surface area contributed by atoms with Gasteiger partial charge in [-0.05, 0) is 55.0 Å². The third-order valence-electron chi connectivity index (χ3n) is 5.16. The summed E-state index contributed by atoms with van der Waals surface area (Å²) in [5.41, 5.74) is 4.83. The van der Waals surface area contributed by atoms with Gasteiger partial charge in [-0.15, -0.1) is 10.2 Å². The van der Waals surface area contributed by atoms with Crippen LogP contribution in [0.3, 0.4) is 0 Å². The number of nitrogens with zero attached hydrogens (tertiary/aromatic N) is 4. The third kappa shape index (κ3) is 7.59. The Labute approximate surface area is 196 Å². The zero-order valence-electron chi connectivity index (χ0n) is 20.2. The fraction of sp³-hybridized carbons (Fsp3) is 0.440. The van der Waals surface area contributed by atoms with Crippen LogP contribution < -0.4 is 15.5 Å². The highest BCUT2D eigenvalue weighted by Crippen LogP contribution is 2.30. The lowest BCUT2D eigenvalue weighted by atomic mass is 10.0. The van der Waals surface area contributed by atoms with E-state index in [0.717, 1.165) is 47.7 Å². The summed E-state index contributed by atoms with van der Waals surface area (Å²) in [6, 6.07) is 13.8. The van der Waals surface area contributed by atoms with Gasteiger partial charge in [0.15, 0.2) is 5.82 Å². The first-order valence-corrected chi connectivity index (χ1v) is 11.5. The Morgan fingerprint density at radius 3 is 2.27 bits per heavy atom. The van der Waals surface area contributed by atoms with Crippen LogP contribution in [-0.2, 0) is 12.8 Å². The van der Waals surface area contributed by atoms with E-state index >= 15 is 0 Å². The molecule has 8 nitrogen and oxygen atoms in total. The van der Waals surface area contributed by atoms with E-state index in [0.29, 0.717) is 24.1 Å². The number of amides is 2. The summed E-state index contributed by atoms with van der Waals surface area (Å²) in [5.74, 6) is 1.67. The molecule has 0 aliphatic rings. The van der Waals surface area contributed by atoms with E-state index in [9.17, 15) is 4.79 Å². The Kier molecular flexibility index (Phi) is 8.40. The van der Waals surface area contributed by atoms with Gasteiger partial charge in [-0.3, -0.25) is 0 Å². The van der Waals surface area contributed by atoms with Gasteiger partial charge in [0.2, 0.25) is 0 Å². The second-order valence-electron chi connectivity index (χ2n) is 9.32. The molecule has 0 aliphatic carbocycles. The Morgan fingerprint density at radius 1 is 0.970 bits per heavy atom. The van der Waals surface area contributed by atoms with Gasteiger partial charge in [-0.25, -0.2) is 4.79 Å². The highest BCUT2D eigenvalue weighted by Gasteiger charge is 2.17. The smallest absolute Gasteiger partial charge is 0.323 e. The van der Waals surface area contributed by atoms with Crippen molar-refractivity contribution in [2.24, 2.45) is 11.8 Å². The van der Waals surface area contributed by atoms with Crippen LogP contribution in [0.1, 0.15) is 44.6 Å². The molecular weight excluding hydrogens is 414 g/mol. The number of aromatic amines is 1. The Hall–Kier alpha value is -3.42. The van der Waals surface area contributed by atoms with E-state index in [1.54, 1.807) is 0 Å². The van der Waals surface area contributed by atoms with Crippen molar-refractivity contribution in [1.29, 1.82) is 0 Å². The minimum absolute atomic E-state index is 0.260. The van der Waals surface area contributed by atoms with Crippen molar-refractivity contribution in [3.63, 3.8) is 0 Å². The largest absolute Gasteiger partial charge is 0.369 e. The van der Waals surface area contributed by atoms with Gasteiger partial charge in [0, 0.05) is 25.2 Å². The van der Waals surface area contributed by atoms with E-state index in [1.807, 2.05) is 31.2 Å². The van der Waals surface area contributed by atoms with Crippen molar-refractivity contribution in [3.8, 4) is 0 Å². The summed E-state index contributed by atoms with van der Waals surface area (Å²) in [6.45, 7) is 12.7. The van der Waals surface area contributed by atoms with E-state index in [-0.39, 0.29) is 6.03 Å². The molecule has 2 aromatic carbocycles. The molecule has 3 N–H and O–H groups in total. The number of carbonyl (C=O) groups excluding carboxylic acids is 1. The van der Waals surface area contributed by atoms with Crippen molar-refractivity contribution in [2.45, 2.75) is 47.5 Å². The van der Waals surface area contributed by atoms with Crippen LogP contribution in [0.5, 0.6) is 0 Å². The number of anilines is 3. The van der Waals surface area contributed by atoms with Crippen LogP contribution in [0.15, 0.2) is 42.5 Å². The van der Waals surface area contributed by atoms with E-state index < -0.39 is 0 Å². The summed E-state index contributed by atoms with van der Waals surface area (Å²) >= 11 is 0. The first kappa shape index (κ1) is 24.2. The summed E-state index contributed by atoms with van der Waals surface area (Å²) in [7, 11) is 0.